The summed E-state index contributed by atoms with van der Waals surface area (Å²) >= 11 is 0. The number of ether oxygens (including phenoxy) is 1. The molecule has 1 aromatic heterocycles. The third-order valence-corrected chi connectivity index (χ3v) is 4.88. The van der Waals surface area contributed by atoms with E-state index in [1.54, 1.807) is 11.3 Å². The van der Waals surface area contributed by atoms with Crippen molar-refractivity contribution in [2.45, 2.75) is 19.4 Å². The average Bonchev–Trinajstić information content (AvgIpc) is 3.33. The Morgan fingerprint density at radius 3 is 2.65 bits per heavy atom. The van der Waals surface area contributed by atoms with Gasteiger partial charge in [0, 0.05) is 19.5 Å². The number of hydrogen-bond acceptors (Lipinski definition) is 5. The molecule has 1 aromatic carbocycles. The molecule has 136 valence electrons. The van der Waals surface area contributed by atoms with Gasteiger partial charge in [-0.05, 0) is 24.6 Å². The third kappa shape index (κ3) is 3.57. The molecule has 3 heterocycles. The SMILES string of the molecule is Cc1ccc(C2=NN(C(=O)CN3CCOCC3)C(c3ccco3)C2)cc1. The standard InChI is InChI=1S/C20H23N3O3/c1-15-4-6-16(7-5-15)17-13-18(19-3-2-10-26-19)23(21-17)20(24)14-22-8-11-25-12-9-22/h2-7,10,18H,8-9,11-14H2,1H3. The first-order chi connectivity index (χ1) is 12.7. The maximum atomic E-state index is 12.9. The number of nitrogens with zero attached hydrogens (tertiary/aromatic N) is 3. The first kappa shape index (κ1) is 17.0. The lowest BCUT2D eigenvalue weighted by Crippen LogP contribution is -2.43. The molecule has 2 aliphatic rings. The van der Waals surface area contributed by atoms with E-state index in [4.69, 9.17) is 9.15 Å². The van der Waals surface area contributed by atoms with Crippen molar-refractivity contribution in [3.05, 3.63) is 59.5 Å². The molecule has 0 saturated carbocycles. The number of carbonyl (C=O) groups is 1. The number of morpholine rings is 1. The second-order valence-corrected chi connectivity index (χ2v) is 6.77. The van der Waals surface area contributed by atoms with Crippen molar-refractivity contribution >= 4 is 11.6 Å². The highest BCUT2D eigenvalue weighted by Gasteiger charge is 2.35. The minimum Gasteiger partial charge on any atom is -0.467 e. The van der Waals surface area contributed by atoms with Gasteiger partial charge in [0.25, 0.3) is 5.91 Å². The second-order valence-electron chi connectivity index (χ2n) is 6.77. The van der Waals surface area contributed by atoms with Crippen molar-refractivity contribution in [1.29, 1.82) is 0 Å². The van der Waals surface area contributed by atoms with Crippen molar-refractivity contribution in [2.24, 2.45) is 5.10 Å². The van der Waals surface area contributed by atoms with Crippen LogP contribution in [0.15, 0.2) is 52.2 Å². The molecule has 0 N–H and O–H groups in total. The zero-order chi connectivity index (χ0) is 17.9. The largest absolute Gasteiger partial charge is 0.467 e. The smallest absolute Gasteiger partial charge is 0.257 e. The van der Waals surface area contributed by atoms with E-state index in [1.165, 1.54) is 5.56 Å². The third-order valence-electron chi connectivity index (χ3n) is 4.88. The van der Waals surface area contributed by atoms with Gasteiger partial charge in [-0.15, -0.1) is 0 Å². The van der Waals surface area contributed by atoms with Crippen LogP contribution in [0.2, 0.25) is 0 Å². The molecular weight excluding hydrogens is 330 g/mol. The van der Waals surface area contributed by atoms with Gasteiger partial charge in [0.15, 0.2) is 0 Å². The zero-order valence-corrected chi connectivity index (χ0v) is 14.9. The van der Waals surface area contributed by atoms with E-state index in [0.29, 0.717) is 26.2 Å². The van der Waals surface area contributed by atoms with Gasteiger partial charge in [-0.3, -0.25) is 9.69 Å². The molecule has 26 heavy (non-hydrogen) atoms. The number of rotatable bonds is 4. The Morgan fingerprint density at radius 2 is 1.96 bits per heavy atom. The molecule has 2 aromatic rings. The highest BCUT2D eigenvalue weighted by molar-refractivity contribution is 6.03. The van der Waals surface area contributed by atoms with E-state index in [-0.39, 0.29) is 11.9 Å². The summed E-state index contributed by atoms with van der Waals surface area (Å²) in [6.07, 6.45) is 2.30. The molecular formula is C20H23N3O3. The molecule has 4 rings (SSSR count). The molecule has 6 nitrogen and oxygen atoms in total. The monoisotopic (exact) mass is 353 g/mol. The lowest BCUT2D eigenvalue weighted by atomic mass is 10.0. The number of benzene rings is 1. The topological polar surface area (TPSA) is 58.3 Å². The van der Waals surface area contributed by atoms with Crippen molar-refractivity contribution in [3.8, 4) is 0 Å². The first-order valence-corrected chi connectivity index (χ1v) is 9.01. The van der Waals surface area contributed by atoms with Crippen LogP contribution in [0.4, 0.5) is 0 Å². The summed E-state index contributed by atoms with van der Waals surface area (Å²) in [5.41, 5.74) is 3.17. The van der Waals surface area contributed by atoms with Gasteiger partial charge in [0.1, 0.15) is 11.8 Å². The average molecular weight is 353 g/mol. The summed E-state index contributed by atoms with van der Waals surface area (Å²) in [5, 5.41) is 6.27. The Hall–Kier alpha value is -2.44. The van der Waals surface area contributed by atoms with Gasteiger partial charge in [-0.2, -0.15) is 5.10 Å². The lowest BCUT2D eigenvalue weighted by Gasteiger charge is -2.28. The van der Waals surface area contributed by atoms with E-state index in [0.717, 1.165) is 30.1 Å². The fourth-order valence-corrected chi connectivity index (χ4v) is 3.39. The highest BCUT2D eigenvalue weighted by atomic mass is 16.5. The van der Waals surface area contributed by atoms with Gasteiger partial charge < -0.3 is 9.15 Å². The molecule has 0 bridgehead atoms. The Morgan fingerprint density at radius 1 is 1.19 bits per heavy atom. The Balaban J connectivity index is 1.56. The quantitative estimate of drug-likeness (QED) is 0.848. The summed E-state index contributed by atoms with van der Waals surface area (Å²) in [6.45, 7) is 5.31. The van der Waals surface area contributed by atoms with Crippen molar-refractivity contribution in [1.82, 2.24) is 9.91 Å². The summed E-state index contributed by atoms with van der Waals surface area (Å²) in [5.74, 6) is 0.765. The van der Waals surface area contributed by atoms with Crippen LogP contribution in [0.25, 0.3) is 0 Å². The molecule has 0 spiro atoms. The summed E-state index contributed by atoms with van der Waals surface area (Å²) < 4.78 is 11.0. The van der Waals surface area contributed by atoms with Crippen LogP contribution in [-0.2, 0) is 9.53 Å². The second kappa shape index (κ2) is 7.43. The van der Waals surface area contributed by atoms with Crippen LogP contribution in [0.5, 0.6) is 0 Å². The van der Waals surface area contributed by atoms with E-state index in [9.17, 15) is 4.79 Å². The molecule has 1 saturated heterocycles. The van der Waals surface area contributed by atoms with Crippen LogP contribution in [0, 0.1) is 6.92 Å². The fourth-order valence-electron chi connectivity index (χ4n) is 3.39. The maximum absolute atomic E-state index is 12.9. The molecule has 1 unspecified atom stereocenters. The predicted octanol–water partition coefficient (Wildman–Crippen LogP) is 2.60. The minimum absolute atomic E-state index is 0.00425. The van der Waals surface area contributed by atoms with E-state index >= 15 is 0 Å². The molecule has 1 fully saturated rings. The Labute approximate surface area is 153 Å². The number of amides is 1. The van der Waals surface area contributed by atoms with Gasteiger partial charge >= 0.3 is 0 Å². The molecule has 0 radical (unpaired) electrons. The highest BCUT2D eigenvalue weighted by Crippen LogP contribution is 2.33. The van der Waals surface area contributed by atoms with Crippen LogP contribution >= 0.6 is 0 Å². The molecule has 1 amide bonds. The number of aryl methyl sites for hydroxylation is 1. The first-order valence-electron chi connectivity index (χ1n) is 9.01. The van der Waals surface area contributed by atoms with Crippen molar-refractivity contribution in [2.75, 3.05) is 32.8 Å². The normalized spacial score (nSPS) is 21.0. The number of furan rings is 1. The maximum Gasteiger partial charge on any atom is 0.257 e. The Bertz CT molecular complexity index is 777. The van der Waals surface area contributed by atoms with Crippen LogP contribution in [-0.4, -0.2) is 54.4 Å². The molecule has 6 heteroatoms. The van der Waals surface area contributed by atoms with Crippen molar-refractivity contribution < 1.29 is 13.9 Å². The van der Waals surface area contributed by atoms with E-state index in [1.807, 2.05) is 12.1 Å². The van der Waals surface area contributed by atoms with Gasteiger partial charge in [0.05, 0.1) is 31.7 Å². The van der Waals surface area contributed by atoms with E-state index < -0.39 is 0 Å². The molecule has 1 atom stereocenters. The predicted molar refractivity (Wildman–Crippen MR) is 97.9 cm³/mol. The summed E-state index contributed by atoms with van der Waals surface area (Å²) in [6, 6.07) is 11.8. The van der Waals surface area contributed by atoms with Crippen LogP contribution in [0.3, 0.4) is 0 Å². The molecule has 0 aliphatic carbocycles. The number of carbonyl (C=O) groups excluding carboxylic acids is 1. The van der Waals surface area contributed by atoms with Gasteiger partial charge in [-0.1, -0.05) is 29.8 Å². The number of hydrogen-bond donors (Lipinski definition) is 0. The fraction of sp³-hybridized carbons (Fsp3) is 0.400. The number of hydrazone groups is 1. The van der Waals surface area contributed by atoms with Gasteiger partial charge in [0.2, 0.25) is 0 Å². The van der Waals surface area contributed by atoms with Crippen molar-refractivity contribution in [3.63, 3.8) is 0 Å². The van der Waals surface area contributed by atoms with Crippen LogP contribution in [0.1, 0.15) is 29.3 Å². The lowest BCUT2D eigenvalue weighted by molar-refractivity contribution is -0.135. The summed E-state index contributed by atoms with van der Waals surface area (Å²) in [4.78, 5) is 15.1. The minimum atomic E-state index is -0.185. The van der Waals surface area contributed by atoms with Gasteiger partial charge in [-0.25, -0.2) is 5.01 Å². The summed E-state index contributed by atoms with van der Waals surface area (Å²) in [7, 11) is 0. The van der Waals surface area contributed by atoms with E-state index in [2.05, 4.69) is 41.2 Å². The molecule has 2 aliphatic heterocycles. The zero-order valence-electron chi connectivity index (χ0n) is 14.9. The van der Waals surface area contributed by atoms with Crippen LogP contribution < -0.4 is 0 Å². The Kier molecular flexibility index (Phi) is 4.86.